The van der Waals surface area contributed by atoms with Gasteiger partial charge in [0.05, 0.1) is 18.4 Å². The van der Waals surface area contributed by atoms with Crippen LogP contribution in [0.15, 0.2) is 40.9 Å². The van der Waals surface area contributed by atoms with Crippen LogP contribution in [0.2, 0.25) is 0 Å². The van der Waals surface area contributed by atoms with Gasteiger partial charge in [0.2, 0.25) is 0 Å². The summed E-state index contributed by atoms with van der Waals surface area (Å²) in [7, 11) is 1.07. The Morgan fingerprint density at radius 2 is 1.73 bits per heavy atom. The van der Waals surface area contributed by atoms with Crippen molar-refractivity contribution >= 4 is 33.5 Å². The van der Waals surface area contributed by atoms with Crippen molar-refractivity contribution in [3.63, 3.8) is 0 Å². The molecule has 0 saturated heterocycles. The molecule has 0 fully saturated rings. The van der Waals surface area contributed by atoms with Crippen LogP contribution in [0.1, 0.15) is 20.7 Å². The Balaban J connectivity index is 2.30. The molecule has 7 heteroatoms. The average Bonchev–Trinajstić information content (AvgIpc) is 2.49. The van der Waals surface area contributed by atoms with Crippen molar-refractivity contribution in [1.82, 2.24) is 0 Å². The first-order valence-corrected chi connectivity index (χ1v) is 6.86. The predicted molar refractivity (Wildman–Crippen MR) is 79.8 cm³/mol. The van der Waals surface area contributed by atoms with Gasteiger partial charge in [-0.1, -0.05) is 15.9 Å². The molecule has 0 bridgehead atoms. The molecule has 2 rings (SSSR count). The van der Waals surface area contributed by atoms with Crippen molar-refractivity contribution in [3.05, 3.63) is 63.6 Å². The third-order valence-corrected chi connectivity index (χ3v) is 3.35. The number of anilines is 1. The van der Waals surface area contributed by atoms with Crippen LogP contribution in [0.3, 0.4) is 0 Å². The fourth-order valence-corrected chi connectivity index (χ4v) is 1.97. The fraction of sp³-hybridized carbons (Fsp3) is 0.0667. The molecule has 0 atom stereocenters. The highest BCUT2D eigenvalue weighted by Crippen LogP contribution is 2.21. The molecule has 0 aliphatic carbocycles. The highest BCUT2D eigenvalue weighted by atomic mass is 79.9. The topological polar surface area (TPSA) is 55.4 Å². The summed E-state index contributed by atoms with van der Waals surface area (Å²) in [5.41, 5.74) is -0.490. The predicted octanol–water partition coefficient (Wildman–Crippen LogP) is 3.77. The van der Waals surface area contributed by atoms with Gasteiger partial charge in [-0.15, -0.1) is 0 Å². The molecule has 4 nitrogen and oxygen atoms in total. The maximum atomic E-state index is 13.7. The Hall–Kier alpha value is -2.28. The smallest absolute Gasteiger partial charge is 0.340 e. The summed E-state index contributed by atoms with van der Waals surface area (Å²) in [5, 5.41) is 2.29. The second-order valence-electron chi connectivity index (χ2n) is 4.26. The lowest BCUT2D eigenvalue weighted by Crippen LogP contribution is -2.14. The number of rotatable bonds is 3. The lowest BCUT2D eigenvalue weighted by atomic mass is 10.1. The molecule has 0 aromatic heterocycles. The number of carbonyl (C=O) groups is 2. The van der Waals surface area contributed by atoms with Crippen molar-refractivity contribution in [2.24, 2.45) is 0 Å². The summed E-state index contributed by atoms with van der Waals surface area (Å²) in [4.78, 5) is 23.4. The largest absolute Gasteiger partial charge is 0.465 e. The number of esters is 1. The Morgan fingerprint density at radius 3 is 2.32 bits per heavy atom. The van der Waals surface area contributed by atoms with E-state index in [0.29, 0.717) is 6.07 Å². The quantitative estimate of drug-likeness (QED) is 0.837. The number of nitrogens with one attached hydrogen (secondary N) is 1. The molecule has 2 aromatic carbocycles. The third kappa shape index (κ3) is 3.48. The van der Waals surface area contributed by atoms with Crippen LogP contribution in [0.4, 0.5) is 14.5 Å². The molecule has 1 amide bonds. The highest BCUT2D eigenvalue weighted by molar-refractivity contribution is 9.10. The van der Waals surface area contributed by atoms with Crippen LogP contribution in [0, 0.1) is 11.6 Å². The second-order valence-corrected chi connectivity index (χ2v) is 5.18. The van der Waals surface area contributed by atoms with Gasteiger partial charge in [-0.05, 0) is 30.3 Å². The van der Waals surface area contributed by atoms with E-state index in [1.54, 1.807) is 12.1 Å². The minimum atomic E-state index is -1.06. The van der Waals surface area contributed by atoms with E-state index in [2.05, 4.69) is 26.0 Å². The molecule has 114 valence electrons. The Bertz CT molecular complexity index is 732. The van der Waals surface area contributed by atoms with E-state index in [9.17, 15) is 18.4 Å². The van der Waals surface area contributed by atoms with Crippen LogP contribution in [-0.2, 0) is 4.74 Å². The van der Waals surface area contributed by atoms with E-state index < -0.39 is 29.1 Å². The van der Waals surface area contributed by atoms with Gasteiger partial charge in [0.15, 0.2) is 0 Å². The molecular weight excluding hydrogens is 360 g/mol. The molecule has 0 unspecified atom stereocenters. The van der Waals surface area contributed by atoms with E-state index in [4.69, 9.17) is 0 Å². The van der Waals surface area contributed by atoms with E-state index in [1.807, 2.05) is 0 Å². The summed E-state index contributed by atoms with van der Waals surface area (Å²) < 4.78 is 32.4. The number of hydrogen-bond acceptors (Lipinski definition) is 3. The number of carbonyl (C=O) groups excluding carboxylic acids is 2. The molecular formula is C15H10BrF2NO3. The SMILES string of the molecule is COC(=O)c1cc(NC(=O)c2ccc(Br)cc2)c(F)cc1F. The minimum absolute atomic E-state index is 0.284. The Kier molecular flexibility index (Phi) is 4.87. The summed E-state index contributed by atoms with van der Waals surface area (Å²) >= 11 is 3.23. The maximum Gasteiger partial charge on any atom is 0.340 e. The number of benzene rings is 2. The molecule has 0 aliphatic rings. The Morgan fingerprint density at radius 1 is 1.09 bits per heavy atom. The highest BCUT2D eigenvalue weighted by Gasteiger charge is 2.18. The maximum absolute atomic E-state index is 13.7. The lowest BCUT2D eigenvalue weighted by Gasteiger charge is -2.09. The van der Waals surface area contributed by atoms with Crippen molar-refractivity contribution in [1.29, 1.82) is 0 Å². The monoisotopic (exact) mass is 369 g/mol. The molecule has 0 spiro atoms. The van der Waals surface area contributed by atoms with Crippen LogP contribution >= 0.6 is 15.9 Å². The van der Waals surface area contributed by atoms with Crippen LogP contribution in [0.25, 0.3) is 0 Å². The number of methoxy groups -OCH3 is 1. The Labute approximate surface area is 133 Å². The zero-order valence-corrected chi connectivity index (χ0v) is 12.9. The van der Waals surface area contributed by atoms with Gasteiger partial charge >= 0.3 is 5.97 Å². The standard InChI is InChI=1S/C15H10BrF2NO3/c1-22-15(21)10-6-13(12(18)7-11(10)17)19-14(20)8-2-4-9(16)5-3-8/h2-7H,1H3,(H,19,20). The van der Waals surface area contributed by atoms with Gasteiger partial charge in [-0.2, -0.15) is 0 Å². The van der Waals surface area contributed by atoms with Gasteiger partial charge < -0.3 is 10.1 Å². The molecule has 1 N–H and O–H groups in total. The first-order valence-electron chi connectivity index (χ1n) is 6.06. The summed E-state index contributed by atoms with van der Waals surface area (Å²) in [6.45, 7) is 0. The van der Waals surface area contributed by atoms with E-state index in [0.717, 1.165) is 17.6 Å². The zero-order chi connectivity index (χ0) is 16.3. The number of ether oxygens (including phenoxy) is 1. The van der Waals surface area contributed by atoms with Crippen LogP contribution < -0.4 is 5.32 Å². The van der Waals surface area contributed by atoms with E-state index in [1.165, 1.54) is 12.1 Å². The lowest BCUT2D eigenvalue weighted by molar-refractivity contribution is 0.0595. The van der Waals surface area contributed by atoms with Crippen molar-refractivity contribution < 1.29 is 23.1 Å². The van der Waals surface area contributed by atoms with Crippen molar-refractivity contribution in [2.75, 3.05) is 12.4 Å². The van der Waals surface area contributed by atoms with Crippen LogP contribution in [0.5, 0.6) is 0 Å². The van der Waals surface area contributed by atoms with Gasteiger partial charge in [0.25, 0.3) is 5.91 Å². The second kappa shape index (κ2) is 6.65. The summed E-state index contributed by atoms with van der Waals surface area (Å²) in [6, 6.07) is 7.77. The van der Waals surface area contributed by atoms with Gasteiger partial charge in [-0.25, -0.2) is 13.6 Å². The molecule has 22 heavy (non-hydrogen) atoms. The third-order valence-electron chi connectivity index (χ3n) is 2.82. The van der Waals surface area contributed by atoms with E-state index >= 15 is 0 Å². The number of halogens is 3. The average molecular weight is 370 g/mol. The van der Waals surface area contributed by atoms with Crippen LogP contribution in [-0.4, -0.2) is 19.0 Å². The first kappa shape index (κ1) is 16.1. The molecule has 0 saturated carbocycles. The molecule has 0 radical (unpaired) electrons. The minimum Gasteiger partial charge on any atom is -0.465 e. The number of hydrogen-bond donors (Lipinski definition) is 1. The molecule has 0 heterocycles. The first-order chi connectivity index (χ1) is 10.4. The van der Waals surface area contributed by atoms with Gasteiger partial charge in [-0.3, -0.25) is 4.79 Å². The van der Waals surface area contributed by atoms with Crippen molar-refractivity contribution in [2.45, 2.75) is 0 Å². The van der Waals surface area contributed by atoms with Gasteiger partial charge in [0.1, 0.15) is 11.6 Å². The van der Waals surface area contributed by atoms with Gasteiger partial charge in [0, 0.05) is 16.1 Å². The van der Waals surface area contributed by atoms with E-state index in [-0.39, 0.29) is 11.3 Å². The fourth-order valence-electron chi connectivity index (χ4n) is 1.71. The molecule has 0 aliphatic heterocycles. The molecule has 2 aromatic rings. The normalized spacial score (nSPS) is 10.2. The zero-order valence-electron chi connectivity index (χ0n) is 11.3. The number of amides is 1. The summed E-state index contributed by atoms with van der Waals surface area (Å²) in [6.07, 6.45) is 0. The summed E-state index contributed by atoms with van der Waals surface area (Å²) in [5.74, 6) is -3.60. The van der Waals surface area contributed by atoms with Crippen molar-refractivity contribution in [3.8, 4) is 0 Å².